The summed E-state index contributed by atoms with van der Waals surface area (Å²) in [4.78, 5) is 20.6. The molecule has 3 amide bonds. The van der Waals surface area contributed by atoms with Gasteiger partial charge in [0, 0.05) is 7.05 Å². The summed E-state index contributed by atoms with van der Waals surface area (Å²) in [7, 11) is 2.49. The largest absolute Gasteiger partial charge is 0.452 e. The molecule has 0 atom stereocenters. The van der Waals surface area contributed by atoms with Gasteiger partial charge in [-0.2, -0.15) is 0 Å². The number of carbonyl (C=O) groups excluding carboxylic acids is 2. The van der Waals surface area contributed by atoms with Gasteiger partial charge in [0.15, 0.2) is 0 Å². The van der Waals surface area contributed by atoms with Crippen molar-refractivity contribution in [3.63, 3.8) is 0 Å². The average Bonchev–Trinajstić information content (AvgIpc) is 1.87. The predicted molar refractivity (Wildman–Crippen MR) is 32.9 cm³/mol. The molecule has 0 heterocycles. The standard InChI is InChI=1S/C4H9N3O3/c1-7(3(5)8)6-4(9)10-2/h1-2H3,(H2,5,8)(H,6,9). The third kappa shape index (κ3) is 2.75. The fraction of sp³-hybridized carbons (Fsp3) is 0.500. The maximum absolute atomic E-state index is 10.3. The molecule has 0 aromatic rings. The molecule has 10 heavy (non-hydrogen) atoms. The molecule has 0 saturated heterocycles. The molecular formula is C4H9N3O3. The third-order valence-corrected chi connectivity index (χ3v) is 0.775. The van der Waals surface area contributed by atoms with Crippen LogP contribution in [0, 0.1) is 0 Å². The molecule has 6 heteroatoms. The van der Waals surface area contributed by atoms with Crippen LogP contribution in [0.15, 0.2) is 0 Å². The SMILES string of the molecule is COC(=O)NN(C)C(N)=O. The smallest absolute Gasteiger partial charge is 0.425 e. The molecule has 0 spiro atoms. The Balaban J connectivity index is 3.68. The van der Waals surface area contributed by atoms with Crippen LogP contribution in [-0.4, -0.2) is 31.3 Å². The number of primary amides is 1. The Morgan fingerprint density at radius 2 is 2.10 bits per heavy atom. The van der Waals surface area contributed by atoms with Crippen molar-refractivity contribution in [3.05, 3.63) is 0 Å². The number of carbonyl (C=O) groups is 2. The maximum atomic E-state index is 10.3. The van der Waals surface area contributed by atoms with Crippen molar-refractivity contribution in [3.8, 4) is 0 Å². The van der Waals surface area contributed by atoms with E-state index in [-0.39, 0.29) is 0 Å². The number of urea groups is 1. The number of nitrogens with two attached hydrogens (primary N) is 1. The highest BCUT2D eigenvalue weighted by Crippen LogP contribution is 1.75. The quantitative estimate of drug-likeness (QED) is 0.443. The van der Waals surface area contributed by atoms with Crippen LogP contribution in [0.4, 0.5) is 9.59 Å². The van der Waals surface area contributed by atoms with E-state index in [9.17, 15) is 9.59 Å². The molecule has 0 aliphatic carbocycles. The molecule has 0 radical (unpaired) electrons. The minimum Gasteiger partial charge on any atom is -0.452 e. The molecule has 0 saturated carbocycles. The minimum absolute atomic E-state index is 0.735. The lowest BCUT2D eigenvalue weighted by Gasteiger charge is -2.13. The predicted octanol–water partition coefficient (Wildman–Crippen LogP) is -0.732. The molecular weight excluding hydrogens is 138 g/mol. The molecule has 0 rings (SSSR count). The van der Waals surface area contributed by atoms with Gasteiger partial charge in [-0.15, -0.1) is 0 Å². The highest BCUT2D eigenvalue weighted by atomic mass is 16.5. The summed E-state index contributed by atoms with van der Waals surface area (Å²) in [5.41, 5.74) is 6.78. The number of rotatable bonds is 0. The van der Waals surface area contributed by atoms with Crippen LogP contribution >= 0.6 is 0 Å². The van der Waals surface area contributed by atoms with E-state index in [1.54, 1.807) is 0 Å². The van der Waals surface area contributed by atoms with Gasteiger partial charge in [-0.1, -0.05) is 0 Å². The first kappa shape index (κ1) is 8.54. The third-order valence-electron chi connectivity index (χ3n) is 0.775. The number of amides is 3. The van der Waals surface area contributed by atoms with E-state index in [0.717, 1.165) is 5.01 Å². The van der Waals surface area contributed by atoms with Gasteiger partial charge in [-0.05, 0) is 0 Å². The summed E-state index contributed by atoms with van der Waals surface area (Å²) in [6.45, 7) is 0. The van der Waals surface area contributed by atoms with E-state index in [1.807, 2.05) is 5.43 Å². The molecule has 0 bridgehead atoms. The number of hydrogen-bond acceptors (Lipinski definition) is 3. The average molecular weight is 147 g/mol. The molecule has 0 unspecified atom stereocenters. The van der Waals surface area contributed by atoms with Crippen LogP contribution in [0.5, 0.6) is 0 Å². The Bertz CT molecular complexity index is 147. The van der Waals surface area contributed by atoms with Crippen LogP contribution in [0.3, 0.4) is 0 Å². The molecule has 3 N–H and O–H groups in total. The second-order valence-electron chi connectivity index (χ2n) is 1.50. The lowest BCUT2D eigenvalue weighted by molar-refractivity contribution is 0.140. The number of hydrazine groups is 1. The molecule has 0 aromatic carbocycles. The number of methoxy groups -OCH3 is 1. The number of nitrogens with zero attached hydrogens (tertiary/aromatic N) is 1. The first-order valence-corrected chi connectivity index (χ1v) is 2.45. The molecule has 0 aliphatic rings. The van der Waals surface area contributed by atoms with Gasteiger partial charge in [0.05, 0.1) is 7.11 Å². The van der Waals surface area contributed by atoms with Crippen molar-refractivity contribution in [2.24, 2.45) is 5.73 Å². The fourth-order valence-corrected chi connectivity index (χ4v) is 0.238. The van der Waals surface area contributed by atoms with Crippen LogP contribution in [-0.2, 0) is 4.74 Å². The van der Waals surface area contributed by atoms with E-state index in [2.05, 4.69) is 4.74 Å². The first-order valence-electron chi connectivity index (χ1n) is 2.45. The van der Waals surface area contributed by atoms with Gasteiger partial charge in [-0.3, -0.25) is 0 Å². The molecule has 6 nitrogen and oxygen atoms in total. The Kier molecular flexibility index (Phi) is 3.03. The van der Waals surface area contributed by atoms with Crippen LogP contribution < -0.4 is 11.2 Å². The second kappa shape index (κ2) is 3.54. The van der Waals surface area contributed by atoms with Crippen molar-refractivity contribution in [1.29, 1.82) is 0 Å². The van der Waals surface area contributed by atoms with Gasteiger partial charge in [0.2, 0.25) is 0 Å². The second-order valence-corrected chi connectivity index (χ2v) is 1.50. The monoisotopic (exact) mass is 147 g/mol. The molecule has 0 aromatic heterocycles. The summed E-state index contributed by atoms with van der Waals surface area (Å²) in [6, 6.07) is -0.759. The zero-order valence-electron chi connectivity index (χ0n) is 5.75. The van der Waals surface area contributed by atoms with E-state index in [0.29, 0.717) is 0 Å². The van der Waals surface area contributed by atoms with Crippen molar-refractivity contribution in [2.45, 2.75) is 0 Å². The normalized spacial score (nSPS) is 8.20. The lowest BCUT2D eigenvalue weighted by atomic mass is 10.9. The van der Waals surface area contributed by atoms with Gasteiger partial charge in [-0.25, -0.2) is 20.0 Å². The van der Waals surface area contributed by atoms with Crippen LogP contribution in [0.1, 0.15) is 0 Å². The first-order chi connectivity index (χ1) is 4.57. The van der Waals surface area contributed by atoms with E-state index in [1.165, 1.54) is 14.2 Å². The van der Waals surface area contributed by atoms with Crippen LogP contribution in [0.25, 0.3) is 0 Å². The summed E-state index contributed by atoms with van der Waals surface area (Å²) >= 11 is 0. The maximum Gasteiger partial charge on any atom is 0.425 e. The van der Waals surface area contributed by atoms with E-state index in [4.69, 9.17) is 5.73 Å². The molecule has 58 valence electrons. The van der Waals surface area contributed by atoms with Gasteiger partial charge < -0.3 is 10.5 Å². The Labute approximate surface area is 57.9 Å². The zero-order chi connectivity index (χ0) is 8.15. The van der Waals surface area contributed by atoms with Gasteiger partial charge >= 0.3 is 12.1 Å². The summed E-state index contributed by atoms with van der Waals surface area (Å²) < 4.78 is 4.17. The minimum atomic E-state index is -0.759. The highest BCUT2D eigenvalue weighted by Gasteiger charge is 2.05. The topological polar surface area (TPSA) is 84.7 Å². The summed E-state index contributed by atoms with van der Waals surface area (Å²) in [5.74, 6) is 0. The zero-order valence-corrected chi connectivity index (χ0v) is 5.75. The molecule has 0 aliphatic heterocycles. The summed E-state index contributed by atoms with van der Waals surface area (Å²) in [6.07, 6.45) is -0.735. The fourth-order valence-electron chi connectivity index (χ4n) is 0.238. The van der Waals surface area contributed by atoms with E-state index >= 15 is 0 Å². The van der Waals surface area contributed by atoms with Crippen molar-refractivity contribution in [1.82, 2.24) is 10.4 Å². The molecule has 0 fully saturated rings. The van der Waals surface area contributed by atoms with Crippen molar-refractivity contribution < 1.29 is 14.3 Å². The Hall–Kier alpha value is -1.46. The number of hydrogen-bond donors (Lipinski definition) is 2. The van der Waals surface area contributed by atoms with Gasteiger partial charge in [0.1, 0.15) is 0 Å². The van der Waals surface area contributed by atoms with Crippen LogP contribution in [0.2, 0.25) is 0 Å². The number of nitrogens with one attached hydrogen (secondary N) is 1. The highest BCUT2D eigenvalue weighted by molar-refractivity contribution is 5.75. The van der Waals surface area contributed by atoms with Gasteiger partial charge in [0.25, 0.3) is 0 Å². The lowest BCUT2D eigenvalue weighted by Crippen LogP contribution is -2.45. The Morgan fingerprint density at radius 1 is 1.60 bits per heavy atom. The van der Waals surface area contributed by atoms with Crippen molar-refractivity contribution in [2.75, 3.05) is 14.2 Å². The summed E-state index contributed by atoms with van der Waals surface area (Å²) in [5, 5.41) is 0.811. The Morgan fingerprint density at radius 3 is 2.40 bits per heavy atom. The number of ether oxygens (including phenoxy) is 1. The van der Waals surface area contributed by atoms with Crippen molar-refractivity contribution >= 4 is 12.1 Å². The van der Waals surface area contributed by atoms with E-state index < -0.39 is 12.1 Å².